The zero-order valence-electron chi connectivity index (χ0n) is 20.6. The summed E-state index contributed by atoms with van der Waals surface area (Å²) >= 11 is 0. The molecule has 0 bridgehead atoms. The monoisotopic (exact) mass is 525 g/mol. The number of carboxylic acid groups (broad SMARTS) is 2. The molecule has 0 aliphatic heterocycles. The van der Waals surface area contributed by atoms with Crippen molar-refractivity contribution in [1.82, 2.24) is 25.9 Å². The molecular formula is C21H35N9O7. The summed E-state index contributed by atoms with van der Waals surface area (Å²) in [5.41, 5.74) is 16.6. The third kappa shape index (κ3) is 11.4. The number of carbonyl (C=O) groups is 5. The number of aliphatic carboxylic acids is 2. The van der Waals surface area contributed by atoms with Crippen LogP contribution < -0.4 is 33.2 Å². The average Bonchev–Trinajstić information content (AvgIpc) is 3.30. The van der Waals surface area contributed by atoms with E-state index in [1.165, 1.54) is 12.5 Å². The summed E-state index contributed by atoms with van der Waals surface area (Å²) in [6.07, 6.45) is 2.40. The Morgan fingerprint density at radius 3 is 2.19 bits per heavy atom. The van der Waals surface area contributed by atoms with E-state index in [-0.39, 0.29) is 31.8 Å². The number of rotatable bonds is 16. The number of carboxylic acids is 2. The van der Waals surface area contributed by atoms with Gasteiger partial charge in [0.05, 0.1) is 18.8 Å². The van der Waals surface area contributed by atoms with Crippen molar-refractivity contribution in [2.75, 3.05) is 6.54 Å². The van der Waals surface area contributed by atoms with Crippen molar-refractivity contribution in [3.63, 3.8) is 0 Å². The Hall–Kier alpha value is -4.21. The number of guanidine groups is 1. The number of nitrogens with one attached hydrogen (secondary N) is 4. The number of hydrogen-bond donors (Lipinski definition) is 9. The number of carbonyl (C=O) groups excluding carboxylic acids is 3. The SMILES string of the molecule is CC(C)C(NC(=O)C(N)CC(=O)O)C(=O)NC(Cc1cnc[nH]1)C(=O)NC(CCCN=C(N)N)C(=O)O. The molecule has 0 aliphatic carbocycles. The van der Waals surface area contributed by atoms with Crippen molar-refractivity contribution in [1.29, 1.82) is 0 Å². The highest BCUT2D eigenvalue weighted by Crippen LogP contribution is 2.07. The fraction of sp³-hybridized carbons (Fsp3) is 0.571. The highest BCUT2D eigenvalue weighted by molar-refractivity contribution is 5.95. The molecule has 0 aromatic carbocycles. The van der Waals surface area contributed by atoms with Crippen LogP contribution in [0.1, 0.15) is 38.8 Å². The van der Waals surface area contributed by atoms with Gasteiger partial charge in [0.1, 0.15) is 18.1 Å². The maximum absolute atomic E-state index is 13.1. The van der Waals surface area contributed by atoms with Gasteiger partial charge in [-0.1, -0.05) is 13.8 Å². The number of nitrogens with zero attached hydrogens (tertiary/aromatic N) is 2. The van der Waals surface area contributed by atoms with Gasteiger partial charge in [-0.15, -0.1) is 0 Å². The molecule has 1 aromatic rings. The first-order valence-electron chi connectivity index (χ1n) is 11.5. The first-order chi connectivity index (χ1) is 17.3. The third-order valence-corrected chi connectivity index (χ3v) is 5.15. The van der Waals surface area contributed by atoms with E-state index in [0.29, 0.717) is 5.69 Å². The molecule has 1 rings (SSSR count). The van der Waals surface area contributed by atoms with E-state index < -0.39 is 66.2 Å². The van der Waals surface area contributed by atoms with Gasteiger partial charge in [0.15, 0.2) is 5.96 Å². The normalized spacial score (nSPS) is 14.1. The molecule has 0 fully saturated rings. The van der Waals surface area contributed by atoms with Crippen molar-refractivity contribution < 1.29 is 34.2 Å². The average molecular weight is 526 g/mol. The van der Waals surface area contributed by atoms with Gasteiger partial charge in [-0.2, -0.15) is 0 Å². The Balaban J connectivity index is 3.00. The number of H-pyrrole nitrogens is 1. The van der Waals surface area contributed by atoms with Gasteiger partial charge in [-0.05, 0) is 18.8 Å². The molecule has 1 heterocycles. The first kappa shape index (κ1) is 30.8. The Labute approximate surface area is 212 Å². The zero-order chi connectivity index (χ0) is 28.1. The number of amides is 3. The Bertz CT molecular complexity index is 962. The van der Waals surface area contributed by atoms with E-state index >= 15 is 0 Å². The molecule has 1 aromatic heterocycles. The standard InChI is InChI=1S/C21H35N9O7/c1-10(2)16(30-17(33)12(22)7-15(31)32)19(35)29-14(6-11-8-25-9-27-11)18(34)28-13(20(36)37)4-3-5-26-21(23)24/h8-10,12-14,16H,3-7,22H2,1-2H3,(H,25,27)(H,28,34)(H,29,35)(H,30,33)(H,31,32)(H,36,37)(H4,23,24,26). The van der Waals surface area contributed by atoms with Gasteiger partial charge in [0.2, 0.25) is 17.7 Å². The topological polar surface area (TPSA) is 281 Å². The van der Waals surface area contributed by atoms with Crippen molar-refractivity contribution in [3.8, 4) is 0 Å². The van der Waals surface area contributed by atoms with Crippen LogP contribution in [0.4, 0.5) is 0 Å². The van der Waals surface area contributed by atoms with Crippen LogP contribution in [0.15, 0.2) is 17.5 Å². The van der Waals surface area contributed by atoms with Crippen LogP contribution >= 0.6 is 0 Å². The third-order valence-electron chi connectivity index (χ3n) is 5.15. The maximum Gasteiger partial charge on any atom is 0.326 e. The lowest BCUT2D eigenvalue weighted by Gasteiger charge is -2.26. The Morgan fingerprint density at radius 2 is 1.68 bits per heavy atom. The number of hydrogen-bond acceptors (Lipinski definition) is 8. The van der Waals surface area contributed by atoms with E-state index in [0.717, 1.165) is 0 Å². The lowest BCUT2D eigenvalue weighted by molar-refractivity contribution is -0.142. The molecule has 3 amide bonds. The maximum atomic E-state index is 13.1. The summed E-state index contributed by atoms with van der Waals surface area (Å²) in [5, 5.41) is 25.7. The zero-order valence-corrected chi connectivity index (χ0v) is 20.6. The van der Waals surface area contributed by atoms with Crippen LogP contribution in [0.5, 0.6) is 0 Å². The second-order valence-electron chi connectivity index (χ2n) is 8.63. The van der Waals surface area contributed by atoms with Crippen LogP contribution in [0.25, 0.3) is 0 Å². The molecule has 0 saturated carbocycles. The molecular weight excluding hydrogens is 490 g/mol. The molecule has 4 atom stereocenters. The minimum atomic E-state index is -1.38. The van der Waals surface area contributed by atoms with Gasteiger partial charge in [0.25, 0.3) is 0 Å². The second-order valence-corrected chi connectivity index (χ2v) is 8.63. The molecule has 12 N–H and O–H groups in total. The predicted molar refractivity (Wildman–Crippen MR) is 131 cm³/mol. The summed E-state index contributed by atoms with van der Waals surface area (Å²) < 4.78 is 0. The number of aromatic amines is 1. The van der Waals surface area contributed by atoms with Gasteiger partial charge >= 0.3 is 11.9 Å². The Kier molecular flexibility index (Phi) is 12.5. The summed E-state index contributed by atoms with van der Waals surface area (Å²) in [6.45, 7) is 3.43. The van der Waals surface area contributed by atoms with Crippen LogP contribution in [0.3, 0.4) is 0 Å². The Morgan fingerprint density at radius 1 is 1.03 bits per heavy atom. The molecule has 0 spiro atoms. The number of aliphatic imine (C=N–C) groups is 1. The van der Waals surface area contributed by atoms with Gasteiger partial charge in [-0.3, -0.25) is 24.2 Å². The summed E-state index contributed by atoms with van der Waals surface area (Å²) in [7, 11) is 0. The highest BCUT2D eigenvalue weighted by atomic mass is 16.4. The lowest BCUT2D eigenvalue weighted by Crippen LogP contribution is -2.59. The van der Waals surface area contributed by atoms with E-state index in [9.17, 15) is 29.1 Å². The molecule has 0 radical (unpaired) electrons. The minimum absolute atomic E-state index is 0.0225. The lowest BCUT2D eigenvalue weighted by atomic mass is 10.0. The first-order valence-corrected chi connectivity index (χ1v) is 11.5. The van der Waals surface area contributed by atoms with Crippen molar-refractivity contribution in [2.24, 2.45) is 28.1 Å². The van der Waals surface area contributed by atoms with Crippen molar-refractivity contribution >= 4 is 35.6 Å². The second kappa shape index (κ2) is 15.0. The largest absolute Gasteiger partial charge is 0.481 e. The molecule has 4 unspecified atom stereocenters. The van der Waals surface area contributed by atoms with Crippen LogP contribution in [-0.4, -0.2) is 86.5 Å². The van der Waals surface area contributed by atoms with E-state index in [1.54, 1.807) is 13.8 Å². The summed E-state index contributed by atoms with van der Waals surface area (Å²) in [5.74, 6) is -5.55. The van der Waals surface area contributed by atoms with Crippen molar-refractivity contribution in [3.05, 3.63) is 18.2 Å². The van der Waals surface area contributed by atoms with Gasteiger partial charge < -0.3 is 48.3 Å². The van der Waals surface area contributed by atoms with Crippen LogP contribution in [0.2, 0.25) is 0 Å². The summed E-state index contributed by atoms with van der Waals surface area (Å²) in [6, 6.07) is -5.05. The van der Waals surface area contributed by atoms with E-state index in [4.69, 9.17) is 22.3 Å². The molecule has 16 heteroatoms. The summed E-state index contributed by atoms with van der Waals surface area (Å²) in [4.78, 5) is 71.4. The van der Waals surface area contributed by atoms with Crippen LogP contribution in [-0.2, 0) is 30.4 Å². The van der Waals surface area contributed by atoms with E-state index in [2.05, 4.69) is 30.9 Å². The smallest absolute Gasteiger partial charge is 0.326 e. The number of aromatic nitrogens is 2. The highest BCUT2D eigenvalue weighted by Gasteiger charge is 2.32. The minimum Gasteiger partial charge on any atom is -0.481 e. The fourth-order valence-corrected chi connectivity index (χ4v) is 3.20. The molecule has 206 valence electrons. The predicted octanol–water partition coefficient (Wildman–Crippen LogP) is -3.00. The number of nitrogens with two attached hydrogens (primary N) is 3. The van der Waals surface area contributed by atoms with Crippen LogP contribution in [0, 0.1) is 5.92 Å². The quantitative estimate of drug-likeness (QED) is 0.0595. The van der Waals surface area contributed by atoms with E-state index in [1.807, 2.05) is 0 Å². The molecule has 16 nitrogen and oxygen atoms in total. The molecule has 37 heavy (non-hydrogen) atoms. The molecule has 0 aliphatic rings. The molecule has 0 saturated heterocycles. The van der Waals surface area contributed by atoms with Crippen molar-refractivity contribution in [2.45, 2.75) is 63.7 Å². The number of imidazole rings is 1. The van der Waals surface area contributed by atoms with Gasteiger partial charge in [0, 0.05) is 24.9 Å². The fourth-order valence-electron chi connectivity index (χ4n) is 3.20. The van der Waals surface area contributed by atoms with Gasteiger partial charge in [-0.25, -0.2) is 9.78 Å².